The van der Waals surface area contributed by atoms with Gasteiger partial charge >= 0.3 is 0 Å². The molecule has 4 rings (SSSR count). The van der Waals surface area contributed by atoms with Gasteiger partial charge in [-0.1, -0.05) is 43.8 Å². The van der Waals surface area contributed by atoms with Crippen molar-refractivity contribution in [2.24, 2.45) is 13.0 Å². The van der Waals surface area contributed by atoms with E-state index in [1.807, 2.05) is 54.1 Å². The van der Waals surface area contributed by atoms with Gasteiger partial charge in [0.15, 0.2) is 16.7 Å². The second-order valence-electron chi connectivity index (χ2n) is 7.78. The van der Waals surface area contributed by atoms with Gasteiger partial charge in [0.05, 0.1) is 36.0 Å². The summed E-state index contributed by atoms with van der Waals surface area (Å²) in [7, 11) is 1.98. The maximum absolute atomic E-state index is 12.7. The molecule has 6 nitrogen and oxygen atoms in total. The lowest BCUT2D eigenvalue weighted by Gasteiger charge is -2.24. The molecule has 1 unspecified atom stereocenters. The van der Waals surface area contributed by atoms with Crippen LogP contribution in [0.2, 0.25) is 0 Å². The van der Waals surface area contributed by atoms with Crippen molar-refractivity contribution in [3.05, 3.63) is 48.0 Å². The molecule has 3 aromatic rings. The number of carbonyl (C=O) groups excluding carboxylic acids is 1. The number of ether oxygens (including phenoxy) is 2. The molecule has 1 amide bonds. The number of thioether (sulfide) groups is 1. The molecule has 0 radical (unpaired) electrons. The molecule has 1 N–H and O–H groups in total. The summed E-state index contributed by atoms with van der Waals surface area (Å²) in [6.07, 6.45) is 0.869. The first-order chi connectivity index (χ1) is 14.5. The van der Waals surface area contributed by atoms with Crippen LogP contribution in [0.1, 0.15) is 31.9 Å². The lowest BCUT2D eigenvalue weighted by molar-refractivity contribution is -0.119. The van der Waals surface area contributed by atoms with Crippen LogP contribution in [-0.4, -0.2) is 34.4 Å². The lowest BCUT2D eigenvalue weighted by Crippen LogP contribution is -2.33. The van der Waals surface area contributed by atoms with Crippen molar-refractivity contribution in [3.8, 4) is 11.5 Å². The number of fused-ring (bicyclic) bond motifs is 2. The molecule has 1 atom stereocenters. The topological polar surface area (TPSA) is 65.4 Å². The zero-order valence-electron chi connectivity index (χ0n) is 17.6. The number of hydrogen-bond acceptors (Lipinski definition) is 5. The van der Waals surface area contributed by atoms with Crippen LogP contribution < -0.4 is 14.8 Å². The molecular formula is C23H27N3O3S. The standard InChI is InChI=1S/C23H27N3O3S/c1-15(2)22(16-9-10-19-20(13-16)29-12-6-11-28-19)25-21(27)14-30-23-24-17-7-4-5-8-18(17)26(23)3/h4-5,7-10,13,15,22H,6,11-12,14H2,1-3H3,(H,25,27). The Hall–Kier alpha value is -2.67. The fraction of sp³-hybridized carbons (Fsp3) is 0.391. The van der Waals surface area contributed by atoms with Gasteiger partial charge in [-0.3, -0.25) is 4.79 Å². The van der Waals surface area contributed by atoms with Gasteiger partial charge in [-0.25, -0.2) is 4.98 Å². The summed E-state index contributed by atoms with van der Waals surface area (Å²) in [4.78, 5) is 17.4. The third-order valence-electron chi connectivity index (χ3n) is 5.19. The summed E-state index contributed by atoms with van der Waals surface area (Å²) in [5.41, 5.74) is 3.03. The minimum Gasteiger partial charge on any atom is -0.490 e. The van der Waals surface area contributed by atoms with E-state index in [-0.39, 0.29) is 17.9 Å². The van der Waals surface area contributed by atoms with Crippen molar-refractivity contribution >= 4 is 28.7 Å². The van der Waals surface area contributed by atoms with E-state index >= 15 is 0 Å². The van der Waals surface area contributed by atoms with E-state index < -0.39 is 0 Å². The average molecular weight is 426 g/mol. The molecule has 0 spiro atoms. The number of hydrogen-bond donors (Lipinski definition) is 1. The predicted molar refractivity (Wildman–Crippen MR) is 119 cm³/mol. The highest BCUT2D eigenvalue weighted by Gasteiger charge is 2.21. The van der Waals surface area contributed by atoms with Crippen LogP contribution in [0.25, 0.3) is 11.0 Å². The maximum atomic E-state index is 12.7. The molecule has 2 aromatic carbocycles. The Balaban J connectivity index is 1.44. The summed E-state index contributed by atoms with van der Waals surface area (Å²) in [6, 6.07) is 13.8. The quantitative estimate of drug-likeness (QED) is 0.595. The zero-order chi connectivity index (χ0) is 21.1. The van der Waals surface area contributed by atoms with Crippen LogP contribution in [0, 0.1) is 5.92 Å². The van der Waals surface area contributed by atoms with Crippen molar-refractivity contribution in [2.45, 2.75) is 31.5 Å². The number of nitrogens with zero attached hydrogens (tertiary/aromatic N) is 2. The number of nitrogens with one attached hydrogen (secondary N) is 1. The Kier molecular flexibility index (Phi) is 6.18. The fourth-order valence-corrected chi connectivity index (χ4v) is 4.40. The van der Waals surface area contributed by atoms with E-state index in [1.165, 1.54) is 11.8 Å². The van der Waals surface area contributed by atoms with Crippen LogP contribution in [0.3, 0.4) is 0 Å². The number of benzene rings is 2. The minimum atomic E-state index is -0.101. The van der Waals surface area contributed by atoms with Crippen LogP contribution in [0.15, 0.2) is 47.6 Å². The molecule has 0 saturated carbocycles. The van der Waals surface area contributed by atoms with E-state index in [4.69, 9.17) is 9.47 Å². The Labute approximate surface area is 181 Å². The van der Waals surface area contributed by atoms with Gasteiger partial charge in [-0.05, 0) is 35.7 Å². The second kappa shape index (κ2) is 9.00. The van der Waals surface area contributed by atoms with Gasteiger partial charge in [-0.2, -0.15) is 0 Å². The number of para-hydroxylation sites is 2. The van der Waals surface area contributed by atoms with Gasteiger partial charge in [-0.15, -0.1) is 0 Å². The monoisotopic (exact) mass is 425 g/mol. The van der Waals surface area contributed by atoms with Crippen molar-refractivity contribution in [1.29, 1.82) is 0 Å². The minimum absolute atomic E-state index is 0.0159. The highest BCUT2D eigenvalue weighted by molar-refractivity contribution is 7.99. The molecular weight excluding hydrogens is 398 g/mol. The van der Waals surface area contributed by atoms with E-state index in [1.54, 1.807) is 0 Å². The van der Waals surface area contributed by atoms with E-state index in [2.05, 4.69) is 24.1 Å². The summed E-state index contributed by atoms with van der Waals surface area (Å²) in [6.45, 7) is 5.51. The highest BCUT2D eigenvalue weighted by atomic mass is 32.2. The third kappa shape index (κ3) is 4.41. The molecule has 2 heterocycles. The first-order valence-corrected chi connectivity index (χ1v) is 11.2. The highest BCUT2D eigenvalue weighted by Crippen LogP contribution is 2.34. The Morgan fingerprint density at radius 1 is 1.17 bits per heavy atom. The van der Waals surface area contributed by atoms with Crippen LogP contribution >= 0.6 is 11.8 Å². The average Bonchev–Trinajstić information content (AvgIpc) is 2.90. The molecule has 158 valence electrons. The van der Waals surface area contributed by atoms with E-state index in [0.29, 0.717) is 19.0 Å². The first-order valence-electron chi connectivity index (χ1n) is 10.3. The Morgan fingerprint density at radius 2 is 1.93 bits per heavy atom. The Bertz CT molecular complexity index is 1050. The molecule has 0 aliphatic carbocycles. The van der Waals surface area contributed by atoms with Crippen molar-refractivity contribution in [2.75, 3.05) is 19.0 Å². The summed E-state index contributed by atoms with van der Waals surface area (Å²) in [5, 5.41) is 4.02. The zero-order valence-corrected chi connectivity index (χ0v) is 18.4. The number of amides is 1. The van der Waals surface area contributed by atoms with Crippen molar-refractivity contribution < 1.29 is 14.3 Å². The van der Waals surface area contributed by atoms with Crippen LogP contribution in [0.4, 0.5) is 0 Å². The normalized spacial score (nSPS) is 14.5. The third-order valence-corrected chi connectivity index (χ3v) is 6.22. The smallest absolute Gasteiger partial charge is 0.230 e. The Morgan fingerprint density at radius 3 is 2.70 bits per heavy atom. The number of rotatable bonds is 6. The molecule has 0 bridgehead atoms. The van der Waals surface area contributed by atoms with Gasteiger partial charge in [0, 0.05) is 13.5 Å². The summed E-state index contributed by atoms with van der Waals surface area (Å²) in [5.74, 6) is 2.05. The number of aromatic nitrogens is 2. The first kappa shape index (κ1) is 20.6. The van der Waals surface area contributed by atoms with Crippen LogP contribution in [-0.2, 0) is 11.8 Å². The fourth-order valence-electron chi connectivity index (χ4n) is 3.61. The predicted octanol–water partition coefficient (Wildman–Crippen LogP) is 4.34. The number of carbonyl (C=O) groups is 1. The van der Waals surface area contributed by atoms with Gasteiger partial charge in [0.25, 0.3) is 0 Å². The maximum Gasteiger partial charge on any atom is 0.230 e. The largest absolute Gasteiger partial charge is 0.490 e. The molecule has 1 aromatic heterocycles. The van der Waals surface area contributed by atoms with Crippen LogP contribution in [0.5, 0.6) is 11.5 Å². The molecule has 7 heteroatoms. The SMILES string of the molecule is CC(C)C(NC(=O)CSc1nc2ccccc2n1C)c1ccc2c(c1)OCCCO2. The van der Waals surface area contributed by atoms with Crippen molar-refractivity contribution in [3.63, 3.8) is 0 Å². The van der Waals surface area contributed by atoms with E-state index in [9.17, 15) is 4.79 Å². The van der Waals surface area contributed by atoms with Gasteiger partial charge < -0.3 is 19.4 Å². The summed E-state index contributed by atoms with van der Waals surface area (Å²) >= 11 is 1.45. The molecule has 30 heavy (non-hydrogen) atoms. The van der Waals surface area contributed by atoms with Crippen molar-refractivity contribution in [1.82, 2.24) is 14.9 Å². The molecule has 1 aliphatic rings. The summed E-state index contributed by atoms with van der Waals surface area (Å²) < 4.78 is 13.6. The molecule has 0 saturated heterocycles. The molecule has 0 fully saturated rings. The van der Waals surface area contributed by atoms with E-state index in [0.717, 1.165) is 39.7 Å². The number of imidazole rings is 1. The van der Waals surface area contributed by atoms with Gasteiger partial charge in [0.1, 0.15) is 0 Å². The molecule has 1 aliphatic heterocycles. The second-order valence-corrected chi connectivity index (χ2v) is 8.72. The lowest BCUT2D eigenvalue weighted by atomic mass is 9.95. The van der Waals surface area contributed by atoms with Gasteiger partial charge in [0.2, 0.25) is 5.91 Å². The number of aryl methyl sites for hydroxylation is 1.